The van der Waals surface area contributed by atoms with E-state index in [2.05, 4.69) is 13.8 Å². The van der Waals surface area contributed by atoms with Crippen LogP contribution in [0.1, 0.15) is 58.8 Å². The van der Waals surface area contributed by atoms with E-state index >= 15 is 4.39 Å². The van der Waals surface area contributed by atoms with Gasteiger partial charge in [0.25, 0.3) is 0 Å². The molecule has 8 atom stereocenters. The summed E-state index contributed by atoms with van der Waals surface area (Å²) in [7, 11) is 0. The van der Waals surface area contributed by atoms with Crippen molar-refractivity contribution in [1.82, 2.24) is 0 Å². The van der Waals surface area contributed by atoms with Gasteiger partial charge < -0.3 is 5.11 Å². The SMILES string of the molecule is C[C@@H]1CC2=CC(=O)CC[C@@H]2[C@H]2CC[C@]3(C)[C@](F)(CO)C[C@H]4C[C@]43[C@@H]21. The van der Waals surface area contributed by atoms with Crippen LogP contribution in [0.15, 0.2) is 11.6 Å². The molecule has 0 aromatic carbocycles. The second-order valence-corrected chi connectivity index (χ2v) is 9.84. The van der Waals surface area contributed by atoms with Crippen molar-refractivity contribution in [2.24, 2.45) is 40.4 Å². The quantitative estimate of drug-likeness (QED) is 0.786. The molecule has 3 heteroatoms. The van der Waals surface area contributed by atoms with Crippen LogP contribution in [-0.4, -0.2) is 23.2 Å². The maximum Gasteiger partial charge on any atom is 0.155 e. The van der Waals surface area contributed by atoms with Crippen LogP contribution in [0.2, 0.25) is 0 Å². The Morgan fingerprint density at radius 2 is 2.12 bits per heavy atom. The zero-order chi connectivity index (χ0) is 16.9. The third kappa shape index (κ3) is 1.55. The normalized spacial score (nSPS) is 58.2. The summed E-state index contributed by atoms with van der Waals surface area (Å²) in [6.45, 7) is 4.17. The van der Waals surface area contributed by atoms with E-state index in [1.54, 1.807) is 0 Å². The molecule has 2 nitrogen and oxygen atoms in total. The Labute approximate surface area is 143 Å². The molecule has 0 heterocycles. The summed E-state index contributed by atoms with van der Waals surface area (Å²) in [6, 6.07) is 0. The average Bonchev–Trinajstić information content (AvgIpc) is 3.19. The van der Waals surface area contributed by atoms with Crippen LogP contribution in [0, 0.1) is 40.4 Å². The smallest absolute Gasteiger partial charge is 0.155 e. The zero-order valence-electron chi connectivity index (χ0n) is 14.9. The van der Waals surface area contributed by atoms with Gasteiger partial charge >= 0.3 is 0 Å². The molecule has 0 radical (unpaired) electrons. The van der Waals surface area contributed by atoms with Crippen molar-refractivity contribution in [2.75, 3.05) is 6.61 Å². The molecule has 5 rings (SSSR count). The van der Waals surface area contributed by atoms with E-state index in [1.165, 1.54) is 12.0 Å². The molecule has 4 fully saturated rings. The largest absolute Gasteiger partial charge is 0.393 e. The van der Waals surface area contributed by atoms with Gasteiger partial charge in [0, 0.05) is 11.8 Å². The Bertz CT molecular complexity index is 642. The van der Waals surface area contributed by atoms with Gasteiger partial charge in [-0.3, -0.25) is 4.79 Å². The molecule has 5 aliphatic rings. The minimum Gasteiger partial charge on any atom is -0.393 e. The Kier molecular flexibility index (Phi) is 2.93. The van der Waals surface area contributed by atoms with Crippen molar-refractivity contribution in [2.45, 2.75) is 64.5 Å². The summed E-state index contributed by atoms with van der Waals surface area (Å²) in [5, 5.41) is 9.82. The predicted octanol–water partition coefficient (Wildman–Crippen LogP) is 4.07. The van der Waals surface area contributed by atoms with Crippen LogP contribution in [-0.2, 0) is 4.79 Å². The number of alkyl halides is 1. The first-order chi connectivity index (χ1) is 11.4. The predicted molar refractivity (Wildman–Crippen MR) is 90.0 cm³/mol. The second-order valence-electron chi connectivity index (χ2n) is 9.84. The second kappa shape index (κ2) is 4.52. The van der Waals surface area contributed by atoms with Gasteiger partial charge in [-0.15, -0.1) is 0 Å². The highest BCUT2D eigenvalue weighted by molar-refractivity contribution is 5.91. The fraction of sp³-hybridized carbons (Fsp3) is 0.857. The van der Waals surface area contributed by atoms with Crippen LogP contribution in [0.4, 0.5) is 4.39 Å². The van der Waals surface area contributed by atoms with Gasteiger partial charge in [0.1, 0.15) is 5.67 Å². The molecule has 5 aliphatic carbocycles. The monoisotopic (exact) mass is 332 g/mol. The number of carbonyl (C=O) groups is 1. The van der Waals surface area contributed by atoms with E-state index in [9.17, 15) is 9.90 Å². The average molecular weight is 332 g/mol. The molecular formula is C21H29FO2. The number of rotatable bonds is 1. The number of allylic oxidation sites excluding steroid dienone is 1. The summed E-state index contributed by atoms with van der Waals surface area (Å²) in [6.07, 6.45) is 8.40. The number of hydrogen-bond donors (Lipinski definition) is 1. The molecule has 0 aromatic heterocycles. The molecule has 0 amide bonds. The van der Waals surface area contributed by atoms with Gasteiger partial charge in [0.05, 0.1) is 6.61 Å². The van der Waals surface area contributed by atoms with Gasteiger partial charge in [-0.1, -0.05) is 19.4 Å². The number of aliphatic hydroxyl groups is 1. The third-order valence-electron chi connectivity index (χ3n) is 9.23. The molecule has 0 saturated heterocycles. The fourth-order valence-electron chi connectivity index (χ4n) is 8.25. The Hall–Kier alpha value is -0.700. The molecule has 1 spiro atoms. The van der Waals surface area contributed by atoms with Crippen molar-refractivity contribution in [1.29, 1.82) is 0 Å². The van der Waals surface area contributed by atoms with E-state index in [1.807, 2.05) is 6.08 Å². The summed E-state index contributed by atoms with van der Waals surface area (Å²) in [4.78, 5) is 11.9. The molecule has 132 valence electrons. The van der Waals surface area contributed by atoms with Gasteiger partial charge in [-0.2, -0.15) is 0 Å². The maximum atomic E-state index is 15.6. The molecule has 24 heavy (non-hydrogen) atoms. The highest BCUT2D eigenvalue weighted by atomic mass is 19.1. The van der Waals surface area contributed by atoms with Crippen LogP contribution in [0.25, 0.3) is 0 Å². The molecule has 0 bridgehead atoms. The van der Waals surface area contributed by atoms with E-state index < -0.39 is 5.67 Å². The van der Waals surface area contributed by atoms with Crippen molar-refractivity contribution >= 4 is 5.78 Å². The highest BCUT2D eigenvalue weighted by Crippen LogP contribution is 2.85. The van der Waals surface area contributed by atoms with Crippen LogP contribution < -0.4 is 0 Å². The first-order valence-electron chi connectivity index (χ1n) is 9.89. The molecule has 0 aliphatic heterocycles. The van der Waals surface area contributed by atoms with Crippen molar-refractivity contribution in [3.63, 3.8) is 0 Å². The van der Waals surface area contributed by atoms with Crippen LogP contribution >= 0.6 is 0 Å². The molecule has 1 N–H and O–H groups in total. The number of carbonyl (C=O) groups excluding carboxylic acids is 1. The van der Waals surface area contributed by atoms with Gasteiger partial charge in [0.2, 0.25) is 0 Å². The summed E-state index contributed by atoms with van der Waals surface area (Å²) in [5.74, 6) is 3.10. The van der Waals surface area contributed by atoms with Crippen molar-refractivity contribution < 1.29 is 14.3 Å². The Balaban J connectivity index is 1.57. The Morgan fingerprint density at radius 3 is 2.88 bits per heavy atom. The number of halogens is 1. The number of aliphatic hydroxyl groups excluding tert-OH is 1. The van der Waals surface area contributed by atoms with Crippen molar-refractivity contribution in [3.8, 4) is 0 Å². The molecular weight excluding hydrogens is 303 g/mol. The van der Waals surface area contributed by atoms with E-state index in [4.69, 9.17) is 0 Å². The first-order valence-corrected chi connectivity index (χ1v) is 9.89. The lowest BCUT2D eigenvalue weighted by Gasteiger charge is -2.59. The van der Waals surface area contributed by atoms with Gasteiger partial charge in [-0.05, 0) is 79.6 Å². The molecule has 0 aromatic rings. The van der Waals surface area contributed by atoms with Gasteiger partial charge in [-0.25, -0.2) is 4.39 Å². The Morgan fingerprint density at radius 1 is 1.33 bits per heavy atom. The van der Waals surface area contributed by atoms with Gasteiger partial charge in [0.15, 0.2) is 5.78 Å². The van der Waals surface area contributed by atoms with E-state index in [0.29, 0.717) is 48.2 Å². The zero-order valence-corrected chi connectivity index (χ0v) is 14.9. The number of fused-ring (bicyclic) bond motifs is 3. The standard InChI is InChI=1S/C21H29FO2/c1-12-7-13-8-15(24)3-4-16(13)17-5-6-19(2)20(22,11-23)9-14-10-21(14,19)18(12)17/h8,12,14,16-18,23H,3-7,9-11H2,1-2H3/t12-,14+,16+,17-,18-,19-,20-,21-/m1/s1. The first kappa shape index (κ1) is 15.5. The maximum absolute atomic E-state index is 15.6. The third-order valence-corrected chi connectivity index (χ3v) is 9.23. The van der Waals surface area contributed by atoms with Crippen LogP contribution in [0.3, 0.4) is 0 Å². The minimum absolute atomic E-state index is 0.125. The highest BCUT2D eigenvalue weighted by Gasteiger charge is 2.82. The van der Waals surface area contributed by atoms with E-state index in [-0.39, 0.29) is 17.4 Å². The summed E-state index contributed by atoms with van der Waals surface area (Å²) in [5.41, 5.74) is -0.205. The summed E-state index contributed by atoms with van der Waals surface area (Å²) < 4.78 is 15.6. The lowest BCUT2D eigenvalue weighted by molar-refractivity contribution is -0.135. The van der Waals surface area contributed by atoms with E-state index in [0.717, 1.165) is 25.7 Å². The number of ketones is 1. The number of hydrogen-bond acceptors (Lipinski definition) is 2. The minimum atomic E-state index is -1.38. The van der Waals surface area contributed by atoms with Crippen molar-refractivity contribution in [3.05, 3.63) is 11.6 Å². The molecule has 0 unspecified atom stereocenters. The summed E-state index contributed by atoms with van der Waals surface area (Å²) >= 11 is 0. The lowest BCUT2D eigenvalue weighted by atomic mass is 9.46. The fourth-order valence-corrected chi connectivity index (χ4v) is 8.25. The molecule has 4 saturated carbocycles. The topological polar surface area (TPSA) is 37.3 Å². The van der Waals surface area contributed by atoms with Crippen LogP contribution in [0.5, 0.6) is 0 Å². The lowest BCUT2D eigenvalue weighted by Crippen LogP contribution is -2.57.